The van der Waals surface area contributed by atoms with Crippen LogP contribution >= 0.6 is 6.89 Å². The van der Waals surface area contributed by atoms with E-state index in [4.69, 9.17) is 4.74 Å². The normalized spacial score (nSPS) is 31.0. The van der Waals surface area contributed by atoms with Crippen molar-refractivity contribution in [2.75, 3.05) is 19.5 Å². The first-order valence-corrected chi connectivity index (χ1v) is 11.3. The SMILES string of the molecule is C=C1N=C(NC(C)=O)C=CN1[C@@H]1O[C@H](C(C)CP(=C)(C)C)[C@@H](O)[C@H]1O. The molecule has 0 bridgehead atoms. The number of carbonyl (C=O) groups is 1. The van der Waals surface area contributed by atoms with Gasteiger partial charge in [0.05, 0.1) is 6.10 Å². The Bertz CT molecular complexity index is 654. The van der Waals surface area contributed by atoms with Crippen LogP contribution in [0.5, 0.6) is 0 Å². The summed E-state index contributed by atoms with van der Waals surface area (Å²) in [4.78, 5) is 16.9. The number of amides is 1. The monoisotopic (exact) mass is 369 g/mol. The number of nitrogens with zero attached hydrogens (tertiary/aromatic N) is 2. The molecule has 0 radical (unpaired) electrons. The zero-order valence-electron chi connectivity index (χ0n) is 15.2. The van der Waals surface area contributed by atoms with E-state index in [1.165, 1.54) is 6.92 Å². The number of amidine groups is 1. The third-order valence-electron chi connectivity index (χ3n) is 4.14. The zero-order chi connectivity index (χ0) is 18.9. The number of ether oxygens (including phenoxy) is 1. The van der Waals surface area contributed by atoms with E-state index in [1.807, 2.05) is 6.92 Å². The van der Waals surface area contributed by atoms with E-state index in [0.29, 0.717) is 11.7 Å². The quantitative estimate of drug-likeness (QED) is 0.632. The van der Waals surface area contributed by atoms with Gasteiger partial charge in [0.1, 0.15) is 23.9 Å². The second kappa shape index (κ2) is 7.46. The average Bonchev–Trinajstić information content (AvgIpc) is 2.73. The van der Waals surface area contributed by atoms with E-state index >= 15 is 0 Å². The summed E-state index contributed by atoms with van der Waals surface area (Å²) in [6.07, 6.45) is 4.95. The van der Waals surface area contributed by atoms with Crippen molar-refractivity contribution >= 4 is 24.9 Å². The highest BCUT2D eigenvalue weighted by molar-refractivity contribution is 7.72. The smallest absolute Gasteiger partial charge is 0.222 e. The highest BCUT2D eigenvalue weighted by Gasteiger charge is 2.47. The second-order valence-corrected chi connectivity index (χ2v) is 11.6. The first-order chi connectivity index (χ1) is 11.5. The number of aliphatic imine (C=N–C) groups is 1. The van der Waals surface area contributed by atoms with E-state index in [-0.39, 0.29) is 11.8 Å². The van der Waals surface area contributed by atoms with Crippen LogP contribution in [0.15, 0.2) is 29.7 Å². The Morgan fingerprint density at radius 3 is 2.64 bits per heavy atom. The average molecular weight is 369 g/mol. The Morgan fingerprint density at radius 1 is 1.48 bits per heavy atom. The highest BCUT2D eigenvalue weighted by atomic mass is 31.2. The summed E-state index contributed by atoms with van der Waals surface area (Å²) >= 11 is 0. The molecule has 3 N–H and O–H groups in total. The van der Waals surface area contributed by atoms with Crippen LogP contribution in [0.2, 0.25) is 0 Å². The molecule has 2 aliphatic rings. The van der Waals surface area contributed by atoms with Gasteiger partial charge in [0.15, 0.2) is 6.23 Å². The standard InChI is InChI=1S/C17H28N3O4P/c1-10(9-25(4,5)6)16-14(22)15(23)17(24-16)20-8-7-13(18-11(20)2)19-12(3)21/h7-8,10,14-17,22-23H,2,4,9H2,1,3,5-6H3,(H,18,19,21)/t10?,14-,15+,16+,17+/m0/s1. The molecule has 2 heterocycles. The summed E-state index contributed by atoms with van der Waals surface area (Å²) in [7, 11) is 0. The minimum Gasteiger partial charge on any atom is -0.388 e. The predicted molar refractivity (Wildman–Crippen MR) is 102 cm³/mol. The molecule has 0 spiro atoms. The molecule has 1 fully saturated rings. The van der Waals surface area contributed by atoms with Crippen LogP contribution in [0.3, 0.4) is 0 Å². The summed E-state index contributed by atoms with van der Waals surface area (Å²) in [6.45, 7) is 10.2. The predicted octanol–water partition coefficient (Wildman–Crippen LogP) is 0.613. The lowest BCUT2D eigenvalue weighted by Gasteiger charge is -2.31. The van der Waals surface area contributed by atoms with Crippen molar-refractivity contribution in [1.82, 2.24) is 10.2 Å². The number of aliphatic hydroxyl groups excluding tert-OH is 2. The Labute approximate surface area is 149 Å². The van der Waals surface area contributed by atoms with Gasteiger partial charge < -0.3 is 25.2 Å². The van der Waals surface area contributed by atoms with Crippen LogP contribution in [0.4, 0.5) is 0 Å². The Kier molecular flexibility index (Phi) is 5.94. The fourth-order valence-electron chi connectivity index (χ4n) is 3.22. The van der Waals surface area contributed by atoms with Gasteiger partial charge in [0, 0.05) is 13.1 Å². The van der Waals surface area contributed by atoms with E-state index in [1.54, 1.807) is 17.2 Å². The molecule has 0 aromatic rings. The first kappa shape index (κ1) is 19.9. The Morgan fingerprint density at radius 2 is 2.12 bits per heavy atom. The van der Waals surface area contributed by atoms with Crippen molar-refractivity contribution in [3.8, 4) is 0 Å². The second-order valence-electron chi connectivity index (χ2n) is 7.39. The van der Waals surface area contributed by atoms with E-state index in [2.05, 4.69) is 36.5 Å². The first-order valence-electron chi connectivity index (χ1n) is 8.20. The lowest BCUT2D eigenvalue weighted by Crippen LogP contribution is -2.42. The maximum atomic E-state index is 11.1. The van der Waals surface area contributed by atoms with Gasteiger partial charge >= 0.3 is 0 Å². The molecule has 8 heteroatoms. The van der Waals surface area contributed by atoms with Crippen molar-refractivity contribution in [2.45, 2.75) is 38.4 Å². The van der Waals surface area contributed by atoms with Crippen LogP contribution < -0.4 is 5.32 Å². The van der Waals surface area contributed by atoms with Gasteiger partial charge in [0.2, 0.25) is 5.91 Å². The van der Waals surface area contributed by atoms with Gasteiger partial charge in [-0.15, -0.1) is 13.2 Å². The number of hydrogen-bond donors (Lipinski definition) is 3. The summed E-state index contributed by atoms with van der Waals surface area (Å²) in [5.74, 6) is 0.525. The molecule has 2 rings (SSSR count). The van der Waals surface area contributed by atoms with Crippen LogP contribution in [-0.2, 0) is 9.53 Å². The van der Waals surface area contributed by atoms with Crippen molar-refractivity contribution in [1.29, 1.82) is 0 Å². The maximum absolute atomic E-state index is 11.1. The third kappa shape index (κ3) is 4.82. The molecular formula is C17H28N3O4P. The van der Waals surface area contributed by atoms with Crippen molar-refractivity contribution in [2.24, 2.45) is 10.9 Å². The van der Waals surface area contributed by atoms with Gasteiger partial charge in [-0.1, -0.05) is 13.5 Å². The minimum atomic E-state index is -1.29. The van der Waals surface area contributed by atoms with Gasteiger partial charge in [-0.2, -0.15) is 0 Å². The molecule has 1 saturated heterocycles. The van der Waals surface area contributed by atoms with Gasteiger partial charge in [0.25, 0.3) is 0 Å². The van der Waals surface area contributed by atoms with Crippen molar-refractivity contribution in [3.63, 3.8) is 0 Å². The van der Waals surface area contributed by atoms with E-state index in [0.717, 1.165) is 6.16 Å². The number of rotatable bonds is 4. The van der Waals surface area contributed by atoms with Crippen LogP contribution in [0, 0.1) is 5.92 Å². The molecule has 7 nitrogen and oxygen atoms in total. The highest BCUT2D eigenvalue weighted by Crippen LogP contribution is 2.41. The molecule has 0 saturated carbocycles. The number of carbonyl (C=O) groups excluding carboxylic acids is 1. The zero-order valence-corrected chi connectivity index (χ0v) is 16.1. The molecule has 5 atom stereocenters. The molecule has 0 aromatic carbocycles. The molecular weight excluding hydrogens is 341 g/mol. The number of hydrogen-bond acceptors (Lipinski definition) is 6. The van der Waals surface area contributed by atoms with Gasteiger partial charge in [-0.3, -0.25) is 4.79 Å². The molecule has 25 heavy (non-hydrogen) atoms. The van der Waals surface area contributed by atoms with Crippen molar-refractivity contribution in [3.05, 3.63) is 24.7 Å². The third-order valence-corrected chi connectivity index (χ3v) is 5.70. The van der Waals surface area contributed by atoms with Crippen LogP contribution in [-0.4, -0.2) is 77.2 Å². The number of nitrogens with one attached hydrogen (secondary N) is 1. The lowest BCUT2D eigenvalue weighted by atomic mass is 10.00. The fraction of sp³-hybridized carbons (Fsp3) is 0.588. The molecule has 0 aromatic heterocycles. The number of aliphatic hydroxyl groups is 2. The van der Waals surface area contributed by atoms with Gasteiger partial charge in [-0.05, 0) is 31.5 Å². The fourth-order valence-corrected chi connectivity index (χ4v) is 4.99. The van der Waals surface area contributed by atoms with E-state index < -0.39 is 31.4 Å². The summed E-state index contributed by atoms with van der Waals surface area (Å²) in [5, 5.41) is 23.4. The minimum absolute atomic E-state index is 0.0657. The Hall–Kier alpha value is -1.40. The molecule has 0 aliphatic carbocycles. The summed E-state index contributed by atoms with van der Waals surface area (Å²) < 4.78 is 5.97. The maximum Gasteiger partial charge on any atom is 0.222 e. The summed E-state index contributed by atoms with van der Waals surface area (Å²) in [5.41, 5.74) is 0. The Balaban J connectivity index is 2.10. The van der Waals surface area contributed by atoms with Crippen LogP contribution in [0.1, 0.15) is 13.8 Å². The van der Waals surface area contributed by atoms with Gasteiger partial charge in [-0.25, -0.2) is 4.99 Å². The van der Waals surface area contributed by atoms with E-state index in [9.17, 15) is 15.0 Å². The topological polar surface area (TPSA) is 94.4 Å². The van der Waals surface area contributed by atoms with Crippen LogP contribution in [0.25, 0.3) is 0 Å². The molecule has 140 valence electrons. The lowest BCUT2D eigenvalue weighted by molar-refractivity contribution is -0.117. The molecule has 1 unspecified atom stereocenters. The van der Waals surface area contributed by atoms with Crippen molar-refractivity contribution < 1.29 is 19.7 Å². The summed E-state index contributed by atoms with van der Waals surface area (Å²) in [6, 6.07) is 0. The largest absolute Gasteiger partial charge is 0.388 e. The molecule has 2 aliphatic heterocycles. The molecule has 1 amide bonds.